The first-order valence-corrected chi connectivity index (χ1v) is 8.62. The van der Waals surface area contributed by atoms with Gasteiger partial charge in [0.05, 0.1) is 25.4 Å². The molecule has 2 aliphatic rings. The van der Waals surface area contributed by atoms with Gasteiger partial charge in [0.2, 0.25) is 0 Å². The number of aliphatic hydroxyl groups excluding tert-OH is 1. The van der Waals surface area contributed by atoms with Crippen LogP contribution in [0.1, 0.15) is 59.3 Å². The monoisotopic (exact) mass is 313 g/mol. The third-order valence-electron chi connectivity index (χ3n) is 4.54. The fourth-order valence-electron chi connectivity index (χ4n) is 3.41. The van der Waals surface area contributed by atoms with Crippen LogP contribution in [0.3, 0.4) is 0 Å². The highest BCUT2D eigenvalue weighted by molar-refractivity contribution is 5.68. The Kier molecular flexibility index (Phi) is 6.09. The fourth-order valence-corrected chi connectivity index (χ4v) is 3.41. The van der Waals surface area contributed by atoms with Crippen molar-refractivity contribution in [1.82, 2.24) is 4.90 Å². The van der Waals surface area contributed by atoms with Crippen molar-refractivity contribution >= 4 is 6.09 Å². The molecule has 2 rings (SSSR count). The van der Waals surface area contributed by atoms with Gasteiger partial charge in [-0.15, -0.1) is 0 Å². The van der Waals surface area contributed by atoms with Crippen molar-refractivity contribution in [3.05, 3.63) is 0 Å². The molecule has 1 saturated carbocycles. The number of carbonyl (C=O) groups is 1. The molecular formula is C17H31NO4. The van der Waals surface area contributed by atoms with Crippen molar-refractivity contribution in [2.75, 3.05) is 19.8 Å². The van der Waals surface area contributed by atoms with Crippen molar-refractivity contribution in [2.45, 2.75) is 77.0 Å². The summed E-state index contributed by atoms with van der Waals surface area (Å²) in [7, 11) is 0. The normalized spacial score (nSPS) is 25.8. The number of rotatable bonds is 3. The largest absolute Gasteiger partial charge is 0.444 e. The number of nitrogens with zero attached hydrogens (tertiary/aromatic N) is 1. The Hall–Kier alpha value is -0.810. The van der Waals surface area contributed by atoms with Gasteiger partial charge in [0.1, 0.15) is 5.60 Å². The minimum absolute atomic E-state index is 0.287. The quantitative estimate of drug-likeness (QED) is 0.870. The lowest BCUT2D eigenvalue weighted by Crippen LogP contribution is -2.55. The predicted octanol–water partition coefficient (Wildman–Crippen LogP) is 2.95. The van der Waals surface area contributed by atoms with Gasteiger partial charge in [-0.1, -0.05) is 32.1 Å². The van der Waals surface area contributed by atoms with Crippen LogP contribution in [0.15, 0.2) is 0 Å². The molecule has 5 nitrogen and oxygen atoms in total. The van der Waals surface area contributed by atoms with Crippen LogP contribution in [-0.4, -0.2) is 53.6 Å². The number of aliphatic hydroxyl groups is 1. The summed E-state index contributed by atoms with van der Waals surface area (Å²) in [6.07, 6.45) is 6.09. The third kappa shape index (κ3) is 5.13. The van der Waals surface area contributed by atoms with Crippen molar-refractivity contribution in [3.8, 4) is 0 Å². The molecule has 22 heavy (non-hydrogen) atoms. The van der Waals surface area contributed by atoms with E-state index in [1.54, 1.807) is 4.90 Å². The van der Waals surface area contributed by atoms with E-state index in [1.807, 2.05) is 20.8 Å². The van der Waals surface area contributed by atoms with Crippen molar-refractivity contribution in [3.63, 3.8) is 0 Å². The average Bonchev–Trinajstić information content (AvgIpc) is 2.46. The highest BCUT2D eigenvalue weighted by atomic mass is 16.6. The molecule has 2 atom stereocenters. The second-order valence-electron chi connectivity index (χ2n) is 7.62. The molecule has 128 valence electrons. The Labute approximate surface area is 134 Å². The standard InChI is InChI=1S/C17H31NO4/c1-17(2,3)22-16(20)18-9-10-21-12-14(18)15(19)11-13-7-5-4-6-8-13/h13-15,19H,4-12H2,1-3H3. The van der Waals surface area contributed by atoms with E-state index in [0.29, 0.717) is 25.7 Å². The molecule has 5 heteroatoms. The summed E-state index contributed by atoms with van der Waals surface area (Å²) < 4.78 is 11.0. The summed E-state index contributed by atoms with van der Waals surface area (Å²) in [5.74, 6) is 0.575. The van der Waals surface area contributed by atoms with Gasteiger partial charge in [-0.2, -0.15) is 0 Å². The number of hydrogen-bond acceptors (Lipinski definition) is 4. The van der Waals surface area contributed by atoms with E-state index in [-0.39, 0.29) is 12.1 Å². The lowest BCUT2D eigenvalue weighted by molar-refractivity contribution is -0.0714. The second-order valence-corrected chi connectivity index (χ2v) is 7.62. The van der Waals surface area contributed by atoms with E-state index in [2.05, 4.69) is 0 Å². The maximum atomic E-state index is 12.4. The molecule has 2 unspecified atom stereocenters. The van der Waals surface area contributed by atoms with E-state index < -0.39 is 11.7 Å². The molecule has 1 heterocycles. The SMILES string of the molecule is CC(C)(C)OC(=O)N1CCOCC1C(O)CC1CCCCC1. The number of carbonyl (C=O) groups excluding carboxylic acids is 1. The highest BCUT2D eigenvalue weighted by Crippen LogP contribution is 2.29. The smallest absolute Gasteiger partial charge is 0.410 e. The molecule has 0 spiro atoms. The first kappa shape index (κ1) is 17.5. The van der Waals surface area contributed by atoms with Crippen LogP contribution in [-0.2, 0) is 9.47 Å². The Balaban J connectivity index is 1.94. The summed E-state index contributed by atoms with van der Waals surface area (Å²) in [6.45, 7) is 6.97. The van der Waals surface area contributed by atoms with Crippen LogP contribution in [0, 0.1) is 5.92 Å². The molecule has 0 bridgehead atoms. The number of hydrogen-bond donors (Lipinski definition) is 1. The number of ether oxygens (including phenoxy) is 2. The lowest BCUT2D eigenvalue weighted by atomic mass is 9.84. The minimum atomic E-state index is -0.532. The van der Waals surface area contributed by atoms with Gasteiger partial charge in [-0.05, 0) is 33.1 Å². The highest BCUT2D eigenvalue weighted by Gasteiger charge is 2.36. The van der Waals surface area contributed by atoms with E-state index in [0.717, 1.165) is 6.42 Å². The topological polar surface area (TPSA) is 59.0 Å². The first-order chi connectivity index (χ1) is 10.4. The molecule has 2 fully saturated rings. The molecule has 1 N–H and O–H groups in total. The van der Waals surface area contributed by atoms with E-state index >= 15 is 0 Å². The zero-order valence-corrected chi connectivity index (χ0v) is 14.2. The maximum absolute atomic E-state index is 12.4. The summed E-state index contributed by atoms with van der Waals surface area (Å²) in [5, 5.41) is 10.6. The van der Waals surface area contributed by atoms with E-state index in [4.69, 9.17) is 9.47 Å². The fraction of sp³-hybridized carbons (Fsp3) is 0.941. The van der Waals surface area contributed by atoms with Gasteiger partial charge in [0.15, 0.2) is 0 Å². The molecule has 1 aliphatic carbocycles. The van der Waals surface area contributed by atoms with Gasteiger partial charge >= 0.3 is 6.09 Å². The van der Waals surface area contributed by atoms with Crippen LogP contribution < -0.4 is 0 Å². The van der Waals surface area contributed by atoms with E-state index in [1.165, 1.54) is 32.1 Å². The molecule has 0 aromatic heterocycles. The molecule has 0 radical (unpaired) electrons. The molecular weight excluding hydrogens is 282 g/mol. The van der Waals surface area contributed by atoms with Crippen LogP contribution >= 0.6 is 0 Å². The van der Waals surface area contributed by atoms with Gasteiger partial charge in [0, 0.05) is 6.54 Å². The van der Waals surface area contributed by atoms with Gasteiger partial charge in [0.25, 0.3) is 0 Å². The molecule has 1 amide bonds. The molecule has 1 saturated heterocycles. The van der Waals surface area contributed by atoms with Crippen LogP contribution in [0.2, 0.25) is 0 Å². The van der Waals surface area contributed by atoms with Crippen LogP contribution in [0.5, 0.6) is 0 Å². The average molecular weight is 313 g/mol. The Morgan fingerprint density at radius 1 is 1.32 bits per heavy atom. The third-order valence-corrected chi connectivity index (χ3v) is 4.54. The van der Waals surface area contributed by atoms with Gasteiger partial charge < -0.3 is 14.6 Å². The van der Waals surface area contributed by atoms with Gasteiger partial charge in [-0.3, -0.25) is 4.90 Å². The van der Waals surface area contributed by atoms with Crippen molar-refractivity contribution < 1.29 is 19.4 Å². The van der Waals surface area contributed by atoms with Gasteiger partial charge in [-0.25, -0.2) is 4.79 Å². The number of amides is 1. The predicted molar refractivity (Wildman–Crippen MR) is 84.7 cm³/mol. The zero-order chi connectivity index (χ0) is 16.2. The molecule has 0 aromatic carbocycles. The summed E-state index contributed by atoms with van der Waals surface area (Å²) in [5.41, 5.74) is -0.520. The molecule has 1 aliphatic heterocycles. The van der Waals surface area contributed by atoms with E-state index in [9.17, 15) is 9.90 Å². The minimum Gasteiger partial charge on any atom is -0.444 e. The lowest BCUT2D eigenvalue weighted by Gasteiger charge is -2.39. The first-order valence-electron chi connectivity index (χ1n) is 8.62. The van der Waals surface area contributed by atoms with Crippen LogP contribution in [0.4, 0.5) is 4.79 Å². The number of morpholine rings is 1. The Morgan fingerprint density at radius 3 is 2.64 bits per heavy atom. The summed E-state index contributed by atoms with van der Waals surface area (Å²) in [6, 6.07) is -0.287. The Bertz CT molecular complexity index is 360. The summed E-state index contributed by atoms with van der Waals surface area (Å²) >= 11 is 0. The summed E-state index contributed by atoms with van der Waals surface area (Å²) in [4.78, 5) is 14.0. The van der Waals surface area contributed by atoms with Crippen molar-refractivity contribution in [1.29, 1.82) is 0 Å². The molecule has 0 aromatic rings. The maximum Gasteiger partial charge on any atom is 0.410 e. The zero-order valence-electron chi connectivity index (χ0n) is 14.2. The Morgan fingerprint density at radius 2 is 2.00 bits per heavy atom. The second kappa shape index (κ2) is 7.64. The van der Waals surface area contributed by atoms with Crippen molar-refractivity contribution in [2.24, 2.45) is 5.92 Å². The van der Waals surface area contributed by atoms with Crippen LogP contribution in [0.25, 0.3) is 0 Å².